The fraction of sp³-hybridized carbons (Fsp3) is 0.600. The molecule has 2 aliphatic rings. The van der Waals surface area contributed by atoms with Gasteiger partial charge in [0.25, 0.3) is 0 Å². The van der Waals surface area contributed by atoms with Crippen LogP contribution >= 0.6 is 0 Å². The standard InChI is InChI=1S/C15H21NO2/c1-11(14-7-4-8-17-14)16-9-12-10-18-15-6-3-2-5-13(12)15/h2-3,5-6,11-12,14,16H,4,7-10H2,1H3. The highest BCUT2D eigenvalue weighted by Crippen LogP contribution is 2.33. The molecule has 0 aliphatic carbocycles. The summed E-state index contributed by atoms with van der Waals surface area (Å²) in [7, 11) is 0. The van der Waals surface area contributed by atoms with Crippen molar-refractivity contribution in [2.45, 2.75) is 37.8 Å². The van der Waals surface area contributed by atoms with E-state index in [4.69, 9.17) is 9.47 Å². The average Bonchev–Trinajstić information content (AvgIpc) is 3.06. The summed E-state index contributed by atoms with van der Waals surface area (Å²) in [6, 6.07) is 8.78. The lowest BCUT2D eigenvalue weighted by atomic mass is 10.0. The molecule has 0 saturated carbocycles. The molecule has 0 amide bonds. The molecule has 2 heterocycles. The maximum absolute atomic E-state index is 5.71. The SMILES string of the molecule is CC(NCC1COc2ccccc21)C1CCCO1. The lowest BCUT2D eigenvalue weighted by Crippen LogP contribution is -2.39. The molecule has 1 aromatic rings. The molecule has 3 rings (SSSR count). The minimum absolute atomic E-state index is 0.391. The first-order valence-electron chi connectivity index (χ1n) is 6.91. The van der Waals surface area contributed by atoms with Gasteiger partial charge in [0.05, 0.1) is 12.7 Å². The van der Waals surface area contributed by atoms with E-state index in [1.165, 1.54) is 18.4 Å². The number of benzene rings is 1. The normalized spacial score (nSPS) is 27.8. The summed E-state index contributed by atoms with van der Waals surface area (Å²) < 4.78 is 11.4. The third-order valence-corrected chi connectivity index (χ3v) is 4.01. The molecular formula is C15H21NO2. The summed E-state index contributed by atoms with van der Waals surface area (Å²) in [6.07, 6.45) is 2.78. The van der Waals surface area contributed by atoms with Crippen LogP contribution in [0.1, 0.15) is 31.2 Å². The average molecular weight is 247 g/mol. The van der Waals surface area contributed by atoms with Crippen LogP contribution in [0.25, 0.3) is 0 Å². The van der Waals surface area contributed by atoms with E-state index >= 15 is 0 Å². The quantitative estimate of drug-likeness (QED) is 0.885. The Morgan fingerprint density at radius 1 is 1.39 bits per heavy atom. The largest absolute Gasteiger partial charge is 0.493 e. The van der Waals surface area contributed by atoms with E-state index in [2.05, 4.69) is 30.4 Å². The van der Waals surface area contributed by atoms with Crippen molar-refractivity contribution in [2.75, 3.05) is 19.8 Å². The van der Waals surface area contributed by atoms with Gasteiger partial charge in [-0.05, 0) is 25.8 Å². The molecule has 3 atom stereocenters. The van der Waals surface area contributed by atoms with Crippen LogP contribution in [0.15, 0.2) is 24.3 Å². The number of fused-ring (bicyclic) bond motifs is 1. The van der Waals surface area contributed by atoms with Crippen LogP contribution in [0.4, 0.5) is 0 Å². The Hall–Kier alpha value is -1.06. The maximum atomic E-state index is 5.71. The van der Waals surface area contributed by atoms with Crippen molar-refractivity contribution < 1.29 is 9.47 Å². The predicted molar refractivity (Wildman–Crippen MR) is 71.1 cm³/mol. The van der Waals surface area contributed by atoms with Gasteiger partial charge in [-0.3, -0.25) is 0 Å². The Balaban J connectivity index is 1.55. The summed E-state index contributed by atoms with van der Waals surface area (Å²) in [5.74, 6) is 1.53. The highest BCUT2D eigenvalue weighted by molar-refractivity contribution is 5.39. The van der Waals surface area contributed by atoms with Gasteiger partial charge in [0.2, 0.25) is 0 Å². The minimum Gasteiger partial charge on any atom is -0.493 e. The second-order valence-corrected chi connectivity index (χ2v) is 5.29. The minimum atomic E-state index is 0.391. The summed E-state index contributed by atoms with van der Waals surface area (Å²) >= 11 is 0. The lowest BCUT2D eigenvalue weighted by Gasteiger charge is -2.21. The van der Waals surface area contributed by atoms with Crippen molar-refractivity contribution in [2.24, 2.45) is 0 Å². The van der Waals surface area contributed by atoms with Gasteiger partial charge in [-0.15, -0.1) is 0 Å². The van der Waals surface area contributed by atoms with E-state index in [-0.39, 0.29) is 0 Å². The Morgan fingerprint density at radius 3 is 3.11 bits per heavy atom. The lowest BCUT2D eigenvalue weighted by molar-refractivity contribution is 0.0830. The van der Waals surface area contributed by atoms with Crippen molar-refractivity contribution in [3.8, 4) is 5.75 Å². The Kier molecular flexibility index (Phi) is 3.52. The summed E-state index contributed by atoms with van der Waals surface area (Å²) in [5, 5.41) is 3.60. The Bertz CT molecular complexity index is 401. The first kappa shape index (κ1) is 12.0. The third kappa shape index (κ3) is 2.38. The second kappa shape index (κ2) is 5.29. The van der Waals surface area contributed by atoms with Crippen LogP contribution in [0, 0.1) is 0 Å². The van der Waals surface area contributed by atoms with Crippen LogP contribution in [-0.4, -0.2) is 31.9 Å². The third-order valence-electron chi connectivity index (χ3n) is 4.01. The van der Waals surface area contributed by atoms with E-state index in [9.17, 15) is 0 Å². The van der Waals surface area contributed by atoms with Gasteiger partial charge < -0.3 is 14.8 Å². The van der Waals surface area contributed by atoms with Gasteiger partial charge >= 0.3 is 0 Å². The molecule has 0 aromatic heterocycles. The Morgan fingerprint density at radius 2 is 2.28 bits per heavy atom. The van der Waals surface area contributed by atoms with Gasteiger partial charge in [0.15, 0.2) is 0 Å². The fourth-order valence-corrected chi connectivity index (χ4v) is 2.85. The van der Waals surface area contributed by atoms with Crippen molar-refractivity contribution >= 4 is 0 Å². The molecule has 1 fully saturated rings. The molecule has 0 spiro atoms. The zero-order valence-corrected chi connectivity index (χ0v) is 10.9. The molecule has 3 unspecified atom stereocenters. The van der Waals surface area contributed by atoms with Crippen LogP contribution < -0.4 is 10.1 Å². The number of ether oxygens (including phenoxy) is 2. The fourth-order valence-electron chi connectivity index (χ4n) is 2.85. The number of rotatable bonds is 4. The van der Waals surface area contributed by atoms with Gasteiger partial charge in [0, 0.05) is 30.7 Å². The van der Waals surface area contributed by atoms with Crippen LogP contribution in [0.3, 0.4) is 0 Å². The van der Waals surface area contributed by atoms with Crippen molar-refractivity contribution in [3.05, 3.63) is 29.8 Å². The van der Waals surface area contributed by atoms with E-state index in [0.29, 0.717) is 18.1 Å². The zero-order chi connectivity index (χ0) is 12.4. The first-order valence-corrected chi connectivity index (χ1v) is 6.91. The molecular weight excluding hydrogens is 226 g/mol. The number of hydrogen-bond acceptors (Lipinski definition) is 3. The monoisotopic (exact) mass is 247 g/mol. The number of nitrogens with one attached hydrogen (secondary N) is 1. The number of para-hydroxylation sites is 1. The molecule has 0 radical (unpaired) electrons. The van der Waals surface area contributed by atoms with E-state index in [0.717, 1.165) is 25.5 Å². The van der Waals surface area contributed by atoms with E-state index in [1.807, 2.05) is 6.07 Å². The summed E-state index contributed by atoms with van der Waals surface area (Å²) in [4.78, 5) is 0. The molecule has 3 nitrogen and oxygen atoms in total. The van der Waals surface area contributed by atoms with Crippen LogP contribution in [0.2, 0.25) is 0 Å². The molecule has 1 aromatic carbocycles. The summed E-state index contributed by atoms with van der Waals surface area (Å²) in [6.45, 7) is 4.91. The smallest absolute Gasteiger partial charge is 0.122 e. The van der Waals surface area contributed by atoms with Crippen molar-refractivity contribution in [1.29, 1.82) is 0 Å². The molecule has 1 saturated heterocycles. The van der Waals surface area contributed by atoms with E-state index < -0.39 is 0 Å². The summed E-state index contributed by atoms with van der Waals surface area (Å²) in [5.41, 5.74) is 1.34. The highest BCUT2D eigenvalue weighted by atomic mass is 16.5. The number of hydrogen-bond donors (Lipinski definition) is 1. The van der Waals surface area contributed by atoms with Crippen LogP contribution in [-0.2, 0) is 4.74 Å². The Labute approximate surface area is 108 Å². The van der Waals surface area contributed by atoms with Crippen molar-refractivity contribution in [3.63, 3.8) is 0 Å². The maximum Gasteiger partial charge on any atom is 0.122 e. The molecule has 0 bridgehead atoms. The highest BCUT2D eigenvalue weighted by Gasteiger charge is 2.26. The van der Waals surface area contributed by atoms with Crippen LogP contribution in [0.5, 0.6) is 5.75 Å². The molecule has 1 N–H and O–H groups in total. The molecule has 2 aliphatic heterocycles. The van der Waals surface area contributed by atoms with Crippen molar-refractivity contribution in [1.82, 2.24) is 5.32 Å². The second-order valence-electron chi connectivity index (χ2n) is 5.29. The molecule has 18 heavy (non-hydrogen) atoms. The topological polar surface area (TPSA) is 30.5 Å². The zero-order valence-electron chi connectivity index (χ0n) is 10.9. The first-order chi connectivity index (χ1) is 8.84. The van der Waals surface area contributed by atoms with Gasteiger partial charge in [-0.25, -0.2) is 0 Å². The predicted octanol–water partition coefficient (Wildman–Crippen LogP) is 2.32. The van der Waals surface area contributed by atoms with Gasteiger partial charge in [-0.1, -0.05) is 18.2 Å². The molecule has 3 heteroatoms. The molecule has 98 valence electrons. The van der Waals surface area contributed by atoms with Gasteiger partial charge in [0.1, 0.15) is 5.75 Å². The van der Waals surface area contributed by atoms with Gasteiger partial charge in [-0.2, -0.15) is 0 Å². The van der Waals surface area contributed by atoms with E-state index in [1.54, 1.807) is 0 Å².